The minimum Gasteiger partial charge on any atom is -0.395 e. The van der Waals surface area contributed by atoms with Crippen LogP contribution in [0.2, 0.25) is 0 Å². The van der Waals surface area contributed by atoms with E-state index in [0.717, 1.165) is 0 Å². The van der Waals surface area contributed by atoms with Crippen molar-refractivity contribution < 1.29 is 35.7 Å². The molecule has 5 atom stereocenters. The molecule has 0 amide bonds. The van der Waals surface area contributed by atoms with Gasteiger partial charge in [-0.3, -0.25) is 0 Å². The number of aromatic nitrogens is 2. The predicted octanol–water partition coefficient (Wildman–Crippen LogP) is -5.13. The summed E-state index contributed by atoms with van der Waals surface area (Å²) in [6.07, 6.45) is -3.33. The molecular weight excluding hydrogens is 364 g/mol. The van der Waals surface area contributed by atoms with E-state index in [4.69, 9.17) is 21.1 Å². The number of anilines is 1. The summed E-state index contributed by atoms with van der Waals surface area (Å²) in [5, 5.41) is 68.4. The van der Waals surface area contributed by atoms with Gasteiger partial charge in [0.05, 0.1) is 32.0 Å². The third kappa shape index (κ3) is 5.92. The summed E-state index contributed by atoms with van der Waals surface area (Å²) in [5.41, 5.74) is 2.94. The Labute approximate surface area is 155 Å². The normalized spacial score (nSPS) is 30.7. The number of aliphatic hydroxyl groups excluding tert-OH is 6. The first-order chi connectivity index (χ1) is 12.6. The van der Waals surface area contributed by atoms with E-state index in [-0.39, 0.29) is 17.9 Å². The highest BCUT2D eigenvalue weighted by Gasteiger charge is 2.51. The fourth-order valence-corrected chi connectivity index (χ4v) is 2.62. The van der Waals surface area contributed by atoms with Crippen molar-refractivity contribution in [3.8, 4) is 0 Å². The second kappa shape index (κ2) is 10.1. The maximum absolute atomic E-state index is 10.6. The number of hydrogen-bond acceptors (Lipinski definition) is 11. The second-order valence-electron chi connectivity index (χ2n) is 6.47. The topological polar surface area (TPSA) is 215 Å². The van der Waals surface area contributed by atoms with E-state index in [9.17, 15) is 25.2 Å². The monoisotopic (exact) mass is 392 g/mol. The fraction of sp³-hybridized carbons (Fsp3) is 0.733. The first-order valence-electron chi connectivity index (χ1n) is 8.24. The molecule has 0 radical (unpaired) electrons. The number of aliphatic hydroxyl groups is 7. The molecule has 12 heteroatoms. The molecule has 0 bridgehead atoms. The van der Waals surface area contributed by atoms with E-state index in [0.29, 0.717) is 0 Å². The average Bonchev–Trinajstić information content (AvgIpc) is 2.65. The quantitative estimate of drug-likeness (QED) is 0.231. The van der Waals surface area contributed by atoms with Crippen molar-refractivity contribution in [1.29, 1.82) is 0 Å². The molecule has 1 aliphatic carbocycles. The molecule has 10 N–H and O–H groups in total. The zero-order valence-electron chi connectivity index (χ0n) is 14.9. The van der Waals surface area contributed by atoms with Crippen molar-refractivity contribution in [3.05, 3.63) is 22.7 Å². The lowest BCUT2D eigenvalue weighted by molar-refractivity contribution is -0.207. The number of aryl methyl sites for hydroxylation is 1. The van der Waals surface area contributed by atoms with E-state index in [1.54, 1.807) is 19.3 Å². The van der Waals surface area contributed by atoms with Gasteiger partial charge in [0.1, 0.15) is 23.6 Å². The van der Waals surface area contributed by atoms with Crippen molar-refractivity contribution in [1.82, 2.24) is 14.9 Å². The Balaban J connectivity index is 0.000000337. The van der Waals surface area contributed by atoms with Crippen LogP contribution in [-0.2, 0) is 7.05 Å². The molecule has 0 unspecified atom stereocenters. The summed E-state index contributed by atoms with van der Waals surface area (Å²) in [7, 11) is 1.62. The van der Waals surface area contributed by atoms with Crippen LogP contribution in [0.4, 0.5) is 5.82 Å². The van der Waals surface area contributed by atoms with E-state index in [1.807, 2.05) is 0 Å². The van der Waals surface area contributed by atoms with E-state index in [1.165, 1.54) is 4.57 Å². The Kier molecular flexibility index (Phi) is 8.71. The van der Waals surface area contributed by atoms with Gasteiger partial charge in [-0.15, -0.1) is 0 Å². The second-order valence-corrected chi connectivity index (χ2v) is 6.47. The minimum atomic E-state index is -1.94. The van der Waals surface area contributed by atoms with Crippen LogP contribution in [0.15, 0.2) is 17.1 Å². The third-order valence-electron chi connectivity index (χ3n) is 4.37. The summed E-state index contributed by atoms with van der Waals surface area (Å²) >= 11 is 0. The molecule has 1 saturated carbocycles. The molecule has 1 aromatic heterocycles. The van der Waals surface area contributed by atoms with Gasteiger partial charge >= 0.3 is 5.69 Å². The van der Waals surface area contributed by atoms with E-state index >= 15 is 0 Å². The molecule has 2 rings (SSSR count). The van der Waals surface area contributed by atoms with Crippen LogP contribution in [0.5, 0.6) is 0 Å². The SMILES string of the molecule is Cn1ccc(N)nc1=O.OCC(CO)N[C@H]1C[C@](O)(CO)[C@@H](O)[C@H](O)[C@H]1O. The smallest absolute Gasteiger partial charge is 0.349 e. The zero-order chi connectivity index (χ0) is 20.8. The average molecular weight is 392 g/mol. The third-order valence-corrected chi connectivity index (χ3v) is 4.37. The van der Waals surface area contributed by atoms with Gasteiger partial charge in [0.15, 0.2) is 0 Å². The van der Waals surface area contributed by atoms with Gasteiger partial charge in [-0.05, 0) is 12.5 Å². The van der Waals surface area contributed by atoms with Gasteiger partial charge in [-0.2, -0.15) is 4.98 Å². The van der Waals surface area contributed by atoms with E-state index in [2.05, 4.69) is 10.3 Å². The standard InChI is InChI=1S/C10H21NO7.C5H7N3O/c12-2-5(3-13)11-6-1-10(18,4-14)9(17)8(16)7(6)15;1-8-3-2-4(6)7-5(8)9/h5-9,11-18H,1-4H2;2-3H,1H3,(H2,6,7,9)/t6-,7-,8+,9-,10-;/m0./s1. The Morgan fingerprint density at radius 3 is 2.33 bits per heavy atom. The van der Waals surface area contributed by atoms with Gasteiger partial charge in [0.2, 0.25) is 0 Å². The first-order valence-corrected chi connectivity index (χ1v) is 8.24. The maximum Gasteiger partial charge on any atom is 0.349 e. The number of nitrogens with zero attached hydrogens (tertiary/aromatic N) is 2. The van der Waals surface area contributed by atoms with Crippen LogP contribution in [0.1, 0.15) is 6.42 Å². The fourth-order valence-electron chi connectivity index (χ4n) is 2.62. The van der Waals surface area contributed by atoms with Gasteiger partial charge < -0.3 is 51.4 Å². The van der Waals surface area contributed by atoms with Crippen LogP contribution in [0.3, 0.4) is 0 Å². The first kappa shape index (κ1) is 23.4. The summed E-state index contributed by atoms with van der Waals surface area (Å²) in [4.78, 5) is 14.1. The van der Waals surface area contributed by atoms with Crippen LogP contribution in [0, 0.1) is 0 Å². The van der Waals surface area contributed by atoms with Gasteiger partial charge in [-0.25, -0.2) is 4.79 Å². The maximum atomic E-state index is 10.6. The molecule has 0 saturated heterocycles. The molecule has 0 aliphatic heterocycles. The lowest BCUT2D eigenvalue weighted by Gasteiger charge is -2.46. The number of nitrogens with two attached hydrogens (primary N) is 1. The molecule has 27 heavy (non-hydrogen) atoms. The number of rotatable bonds is 5. The highest BCUT2D eigenvalue weighted by molar-refractivity contribution is 5.23. The molecule has 0 aromatic carbocycles. The van der Waals surface area contributed by atoms with Crippen LogP contribution < -0.4 is 16.7 Å². The molecule has 1 heterocycles. The largest absolute Gasteiger partial charge is 0.395 e. The van der Waals surface area contributed by atoms with Crippen molar-refractivity contribution in [2.75, 3.05) is 25.6 Å². The van der Waals surface area contributed by atoms with E-state index < -0.39 is 55.8 Å². The summed E-state index contributed by atoms with van der Waals surface area (Å²) in [6, 6.07) is -0.0265. The van der Waals surface area contributed by atoms with Gasteiger partial charge in [0, 0.05) is 19.3 Å². The van der Waals surface area contributed by atoms with Gasteiger partial charge in [-0.1, -0.05) is 0 Å². The Morgan fingerprint density at radius 2 is 1.89 bits per heavy atom. The Morgan fingerprint density at radius 1 is 1.30 bits per heavy atom. The van der Waals surface area contributed by atoms with Crippen molar-refractivity contribution >= 4 is 5.82 Å². The van der Waals surface area contributed by atoms with Crippen molar-refractivity contribution in [3.63, 3.8) is 0 Å². The van der Waals surface area contributed by atoms with Crippen LogP contribution >= 0.6 is 0 Å². The summed E-state index contributed by atoms with van der Waals surface area (Å²) in [5.74, 6) is 0.262. The molecule has 0 spiro atoms. The number of hydrogen-bond donors (Lipinski definition) is 9. The van der Waals surface area contributed by atoms with Crippen molar-refractivity contribution in [2.45, 2.75) is 42.4 Å². The molecule has 12 nitrogen and oxygen atoms in total. The van der Waals surface area contributed by atoms with Crippen LogP contribution in [0.25, 0.3) is 0 Å². The number of nitrogens with one attached hydrogen (secondary N) is 1. The molecule has 156 valence electrons. The minimum absolute atomic E-state index is 0.223. The summed E-state index contributed by atoms with van der Waals surface area (Å²) < 4.78 is 1.36. The van der Waals surface area contributed by atoms with Crippen molar-refractivity contribution in [2.24, 2.45) is 7.05 Å². The molecule has 1 fully saturated rings. The molecular formula is C15H28N4O8. The molecule has 1 aromatic rings. The van der Waals surface area contributed by atoms with Crippen LogP contribution in [-0.4, -0.2) is 101 Å². The summed E-state index contributed by atoms with van der Waals surface area (Å²) in [6.45, 7) is -1.56. The lowest BCUT2D eigenvalue weighted by Crippen LogP contribution is -2.68. The lowest BCUT2D eigenvalue weighted by atomic mass is 9.76. The van der Waals surface area contributed by atoms with Gasteiger partial charge in [0.25, 0.3) is 0 Å². The highest BCUT2D eigenvalue weighted by Crippen LogP contribution is 2.29. The Hall–Kier alpha value is -1.64. The highest BCUT2D eigenvalue weighted by atomic mass is 16.4. The number of nitrogen functional groups attached to an aromatic ring is 1. The predicted molar refractivity (Wildman–Crippen MR) is 93.4 cm³/mol. The Bertz CT molecular complexity index is 640. The molecule has 1 aliphatic rings. The zero-order valence-corrected chi connectivity index (χ0v) is 14.9.